The summed E-state index contributed by atoms with van der Waals surface area (Å²) in [5.74, 6) is 2.26. The maximum absolute atomic E-state index is 11.1. The Labute approximate surface area is 141 Å². The normalized spacial score (nSPS) is 17.8. The number of nitrogens with zero attached hydrogens (tertiary/aromatic N) is 4. The monoisotopic (exact) mass is 326 g/mol. The molecule has 0 saturated carbocycles. The molecule has 0 aliphatic carbocycles. The lowest BCUT2D eigenvalue weighted by atomic mass is 10.0. The van der Waals surface area contributed by atoms with Crippen molar-refractivity contribution in [3.8, 4) is 0 Å². The average molecular weight is 326 g/mol. The standard InChI is InChI=1S/C17H22N6O/c1-11-4-3-6-19-17(11)22-16-8-14(20-12(2)21-16)13-5-7-23(9-13)10-15(18)24/h3-4,6,8,13H,5,7,9-10H2,1-2H3,(H2,18,24)(H,19,20,21,22). The summed E-state index contributed by atoms with van der Waals surface area (Å²) in [7, 11) is 0. The number of nitrogens with two attached hydrogens (primary N) is 1. The van der Waals surface area contributed by atoms with Gasteiger partial charge >= 0.3 is 0 Å². The van der Waals surface area contributed by atoms with E-state index in [1.807, 2.05) is 32.0 Å². The lowest BCUT2D eigenvalue weighted by Crippen LogP contribution is -2.31. The molecule has 126 valence electrons. The zero-order chi connectivity index (χ0) is 17.1. The Kier molecular flexibility index (Phi) is 4.71. The fourth-order valence-electron chi connectivity index (χ4n) is 3.04. The molecule has 3 heterocycles. The van der Waals surface area contributed by atoms with Gasteiger partial charge in [-0.05, 0) is 38.4 Å². The summed E-state index contributed by atoms with van der Waals surface area (Å²) in [5.41, 5.74) is 7.33. The lowest BCUT2D eigenvalue weighted by molar-refractivity contribution is -0.118. The van der Waals surface area contributed by atoms with Crippen LogP contribution < -0.4 is 11.1 Å². The van der Waals surface area contributed by atoms with Crippen LogP contribution in [-0.4, -0.2) is 45.4 Å². The van der Waals surface area contributed by atoms with E-state index in [0.29, 0.717) is 6.54 Å². The van der Waals surface area contributed by atoms with Gasteiger partial charge in [0.1, 0.15) is 17.5 Å². The molecule has 7 heteroatoms. The zero-order valence-electron chi connectivity index (χ0n) is 14.0. The highest BCUT2D eigenvalue weighted by atomic mass is 16.1. The number of rotatable bonds is 5. The van der Waals surface area contributed by atoms with Gasteiger partial charge < -0.3 is 11.1 Å². The molecule has 3 rings (SSSR count). The van der Waals surface area contributed by atoms with Crippen molar-refractivity contribution in [3.63, 3.8) is 0 Å². The number of pyridine rings is 1. The molecule has 1 aliphatic rings. The average Bonchev–Trinajstić information content (AvgIpc) is 2.97. The van der Waals surface area contributed by atoms with Gasteiger partial charge in [0.2, 0.25) is 5.91 Å². The van der Waals surface area contributed by atoms with E-state index in [1.54, 1.807) is 6.20 Å². The van der Waals surface area contributed by atoms with Crippen molar-refractivity contribution < 1.29 is 4.79 Å². The summed E-state index contributed by atoms with van der Waals surface area (Å²) in [6.45, 7) is 5.85. The molecule has 0 spiro atoms. The van der Waals surface area contributed by atoms with Crippen LogP contribution >= 0.6 is 0 Å². The maximum atomic E-state index is 11.1. The SMILES string of the molecule is Cc1nc(Nc2ncccc2C)cc(C2CCN(CC(N)=O)C2)n1. The molecule has 0 radical (unpaired) electrons. The molecule has 1 unspecified atom stereocenters. The van der Waals surface area contributed by atoms with Crippen LogP contribution in [0.15, 0.2) is 24.4 Å². The van der Waals surface area contributed by atoms with E-state index in [4.69, 9.17) is 5.73 Å². The Balaban J connectivity index is 1.77. The molecule has 7 nitrogen and oxygen atoms in total. The van der Waals surface area contributed by atoms with E-state index < -0.39 is 0 Å². The van der Waals surface area contributed by atoms with Gasteiger partial charge in [0.15, 0.2) is 0 Å². The molecule has 1 atom stereocenters. The zero-order valence-corrected chi connectivity index (χ0v) is 14.0. The second kappa shape index (κ2) is 6.92. The van der Waals surface area contributed by atoms with Gasteiger partial charge in [0.25, 0.3) is 0 Å². The van der Waals surface area contributed by atoms with E-state index in [-0.39, 0.29) is 11.8 Å². The summed E-state index contributed by atoms with van der Waals surface area (Å²) in [6, 6.07) is 5.88. The summed E-state index contributed by atoms with van der Waals surface area (Å²) in [6.07, 6.45) is 2.72. The number of hydrogen-bond acceptors (Lipinski definition) is 6. The first-order chi connectivity index (χ1) is 11.5. The Morgan fingerprint density at radius 3 is 3.00 bits per heavy atom. The summed E-state index contributed by atoms with van der Waals surface area (Å²) >= 11 is 0. The minimum atomic E-state index is -0.289. The number of aryl methyl sites for hydroxylation is 2. The Hall–Kier alpha value is -2.54. The third-order valence-electron chi connectivity index (χ3n) is 4.18. The van der Waals surface area contributed by atoms with Crippen molar-refractivity contribution in [1.82, 2.24) is 19.9 Å². The first-order valence-corrected chi connectivity index (χ1v) is 8.06. The second-order valence-corrected chi connectivity index (χ2v) is 6.21. The predicted molar refractivity (Wildman–Crippen MR) is 92.0 cm³/mol. The summed E-state index contributed by atoms with van der Waals surface area (Å²) in [5, 5.41) is 3.27. The number of nitrogens with one attached hydrogen (secondary N) is 1. The minimum absolute atomic E-state index is 0.288. The largest absolute Gasteiger partial charge is 0.369 e. The number of carbonyl (C=O) groups excluding carboxylic acids is 1. The van der Waals surface area contributed by atoms with Crippen molar-refractivity contribution in [2.24, 2.45) is 5.73 Å². The Morgan fingerprint density at radius 1 is 1.42 bits per heavy atom. The number of amides is 1. The third kappa shape index (κ3) is 3.86. The van der Waals surface area contributed by atoms with E-state index in [9.17, 15) is 4.79 Å². The van der Waals surface area contributed by atoms with Crippen LogP contribution in [0.2, 0.25) is 0 Å². The first kappa shape index (κ1) is 16.3. The highest BCUT2D eigenvalue weighted by Gasteiger charge is 2.26. The van der Waals surface area contributed by atoms with Gasteiger partial charge in [-0.3, -0.25) is 9.69 Å². The fraction of sp³-hybridized carbons (Fsp3) is 0.412. The van der Waals surface area contributed by atoms with Crippen LogP contribution in [-0.2, 0) is 4.79 Å². The summed E-state index contributed by atoms with van der Waals surface area (Å²) < 4.78 is 0. The highest BCUT2D eigenvalue weighted by molar-refractivity contribution is 5.76. The van der Waals surface area contributed by atoms with E-state index in [0.717, 1.165) is 48.2 Å². The van der Waals surface area contributed by atoms with E-state index in [1.165, 1.54) is 0 Å². The molecule has 24 heavy (non-hydrogen) atoms. The summed E-state index contributed by atoms with van der Waals surface area (Å²) in [4.78, 5) is 26.5. The molecule has 2 aromatic rings. The molecule has 1 fully saturated rings. The molecular weight excluding hydrogens is 304 g/mol. The van der Waals surface area contributed by atoms with Crippen LogP contribution in [0.5, 0.6) is 0 Å². The Morgan fingerprint density at radius 2 is 2.25 bits per heavy atom. The van der Waals surface area contributed by atoms with Crippen molar-refractivity contribution in [3.05, 3.63) is 41.5 Å². The van der Waals surface area contributed by atoms with E-state index in [2.05, 4.69) is 25.2 Å². The predicted octanol–water partition coefficient (Wildman–Crippen LogP) is 1.51. The van der Waals surface area contributed by atoms with Crippen molar-refractivity contribution in [2.75, 3.05) is 25.0 Å². The van der Waals surface area contributed by atoms with Crippen LogP contribution in [0.1, 0.15) is 29.4 Å². The molecule has 2 aromatic heterocycles. The number of aromatic nitrogens is 3. The lowest BCUT2D eigenvalue weighted by Gasteiger charge is -2.15. The van der Waals surface area contributed by atoms with Gasteiger partial charge in [-0.1, -0.05) is 6.07 Å². The molecular formula is C17H22N6O. The molecule has 1 saturated heterocycles. The number of anilines is 2. The van der Waals surface area contributed by atoms with Crippen molar-refractivity contribution >= 4 is 17.5 Å². The van der Waals surface area contributed by atoms with Crippen LogP contribution in [0, 0.1) is 13.8 Å². The number of carbonyl (C=O) groups is 1. The van der Waals surface area contributed by atoms with Gasteiger partial charge in [0.05, 0.1) is 12.2 Å². The highest BCUT2D eigenvalue weighted by Crippen LogP contribution is 2.27. The van der Waals surface area contributed by atoms with Crippen molar-refractivity contribution in [1.29, 1.82) is 0 Å². The Bertz CT molecular complexity index is 748. The first-order valence-electron chi connectivity index (χ1n) is 8.06. The minimum Gasteiger partial charge on any atom is -0.369 e. The number of hydrogen-bond donors (Lipinski definition) is 2. The number of primary amides is 1. The van der Waals surface area contributed by atoms with E-state index >= 15 is 0 Å². The molecule has 1 aliphatic heterocycles. The van der Waals surface area contributed by atoms with Crippen LogP contribution in [0.3, 0.4) is 0 Å². The molecule has 0 aromatic carbocycles. The smallest absolute Gasteiger partial charge is 0.231 e. The maximum Gasteiger partial charge on any atom is 0.231 e. The van der Waals surface area contributed by atoms with Crippen LogP contribution in [0.4, 0.5) is 11.6 Å². The van der Waals surface area contributed by atoms with Gasteiger partial charge in [-0.25, -0.2) is 15.0 Å². The van der Waals surface area contributed by atoms with Gasteiger partial charge in [-0.15, -0.1) is 0 Å². The van der Waals surface area contributed by atoms with Crippen LogP contribution in [0.25, 0.3) is 0 Å². The molecule has 3 N–H and O–H groups in total. The number of likely N-dealkylation sites (tertiary alicyclic amines) is 1. The quantitative estimate of drug-likeness (QED) is 0.864. The van der Waals surface area contributed by atoms with Crippen molar-refractivity contribution in [2.45, 2.75) is 26.2 Å². The fourth-order valence-corrected chi connectivity index (χ4v) is 3.04. The third-order valence-corrected chi connectivity index (χ3v) is 4.18. The van der Waals surface area contributed by atoms with Gasteiger partial charge in [0, 0.05) is 24.7 Å². The molecule has 1 amide bonds. The molecule has 0 bridgehead atoms. The topological polar surface area (TPSA) is 97.0 Å². The van der Waals surface area contributed by atoms with Gasteiger partial charge in [-0.2, -0.15) is 0 Å². The second-order valence-electron chi connectivity index (χ2n) is 6.21.